The molecule has 3 aromatic carbocycles. The van der Waals surface area contributed by atoms with E-state index in [1.165, 1.54) is 33.4 Å². The molecule has 2 unspecified atom stereocenters. The second-order valence-corrected chi connectivity index (χ2v) is 7.22. The molecule has 0 spiro atoms. The quantitative estimate of drug-likeness (QED) is 0.481. The van der Waals surface area contributed by atoms with E-state index in [0.29, 0.717) is 11.8 Å². The minimum Gasteiger partial charge on any atom is -0.0758 e. The third-order valence-electron chi connectivity index (χ3n) is 5.28. The van der Waals surface area contributed by atoms with Gasteiger partial charge in [-0.15, -0.1) is 0 Å². The number of allylic oxidation sites excluding steroid dienone is 4. The van der Waals surface area contributed by atoms with Gasteiger partial charge in [0.2, 0.25) is 0 Å². The van der Waals surface area contributed by atoms with Gasteiger partial charge in [-0.25, -0.2) is 0 Å². The molecule has 0 aliphatic heterocycles. The van der Waals surface area contributed by atoms with Crippen LogP contribution in [0, 0.1) is 12.8 Å². The fourth-order valence-corrected chi connectivity index (χ4v) is 3.71. The Hall–Kier alpha value is -2.86. The van der Waals surface area contributed by atoms with Crippen molar-refractivity contribution in [2.45, 2.75) is 19.8 Å². The molecular weight excluding hydrogens is 312 g/mol. The molecule has 26 heavy (non-hydrogen) atoms. The fraction of sp³-hybridized carbons (Fsp3) is 0.154. The molecule has 0 nitrogen and oxygen atoms in total. The van der Waals surface area contributed by atoms with Crippen LogP contribution >= 0.6 is 0 Å². The van der Waals surface area contributed by atoms with Crippen LogP contribution in [0.5, 0.6) is 0 Å². The standard InChI is InChI=1S/C26H24/c1-19-8-10-24(11-9-19)26-17-16-25(18-20(26)2)23-14-12-22(13-15-23)21-6-4-3-5-7-21/h3-18,20,26H,1-2H3. The van der Waals surface area contributed by atoms with Crippen LogP contribution < -0.4 is 0 Å². The maximum atomic E-state index is 2.40. The summed E-state index contributed by atoms with van der Waals surface area (Å²) in [4.78, 5) is 0. The Kier molecular flexibility index (Phi) is 4.58. The molecule has 4 rings (SSSR count). The molecule has 0 heteroatoms. The summed E-state index contributed by atoms with van der Waals surface area (Å²) in [6.07, 6.45) is 7.04. The monoisotopic (exact) mass is 336 g/mol. The van der Waals surface area contributed by atoms with Gasteiger partial charge in [0.1, 0.15) is 0 Å². The molecule has 128 valence electrons. The lowest BCUT2D eigenvalue weighted by molar-refractivity contribution is 0.637. The van der Waals surface area contributed by atoms with Crippen molar-refractivity contribution in [1.82, 2.24) is 0 Å². The van der Waals surface area contributed by atoms with Gasteiger partial charge >= 0.3 is 0 Å². The molecule has 2 atom stereocenters. The zero-order chi connectivity index (χ0) is 17.9. The number of rotatable bonds is 3. The van der Waals surface area contributed by atoms with Gasteiger partial charge < -0.3 is 0 Å². The Labute approximate surface area is 156 Å². The van der Waals surface area contributed by atoms with E-state index in [-0.39, 0.29) is 0 Å². The molecule has 0 heterocycles. The molecule has 0 N–H and O–H groups in total. The van der Waals surface area contributed by atoms with Gasteiger partial charge in [-0.3, -0.25) is 0 Å². The largest absolute Gasteiger partial charge is 0.0758 e. The third-order valence-corrected chi connectivity index (χ3v) is 5.28. The van der Waals surface area contributed by atoms with Crippen molar-refractivity contribution in [2.24, 2.45) is 5.92 Å². The average molecular weight is 336 g/mol. The Balaban J connectivity index is 1.55. The van der Waals surface area contributed by atoms with Crippen molar-refractivity contribution < 1.29 is 0 Å². The predicted molar refractivity (Wildman–Crippen MR) is 112 cm³/mol. The second kappa shape index (κ2) is 7.17. The van der Waals surface area contributed by atoms with Crippen LogP contribution in [-0.4, -0.2) is 0 Å². The van der Waals surface area contributed by atoms with Gasteiger partial charge in [-0.1, -0.05) is 110 Å². The molecular formula is C26H24. The summed E-state index contributed by atoms with van der Waals surface area (Å²) in [5, 5.41) is 0. The topological polar surface area (TPSA) is 0 Å². The van der Waals surface area contributed by atoms with Crippen LogP contribution in [-0.2, 0) is 0 Å². The maximum Gasteiger partial charge on any atom is 0.00818 e. The van der Waals surface area contributed by atoms with Gasteiger partial charge in [0.05, 0.1) is 0 Å². The maximum absolute atomic E-state index is 2.40. The summed E-state index contributed by atoms with van der Waals surface area (Å²) < 4.78 is 0. The molecule has 3 aromatic rings. The molecule has 0 radical (unpaired) electrons. The van der Waals surface area contributed by atoms with E-state index in [9.17, 15) is 0 Å². The SMILES string of the molecule is Cc1ccc(C2C=CC(c3ccc(-c4ccccc4)cc3)=CC2C)cc1. The highest BCUT2D eigenvalue weighted by atomic mass is 14.2. The van der Waals surface area contributed by atoms with Crippen LogP contribution in [0.15, 0.2) is 97.1 Å². The first-order chi connectivity index (χ1) is 12.7. The van der Waals surface area contributed by atoms with E-state index in [1.54, 1.807) is 0 Å². The molecule has 0 aromatic heterocycles. The highest BCUT2D eigenvalue weighted by Gasteiger charge is 2.19. The molecule has 0 saturated heterocycles. The van der Waals surface area contributed by atoms with Crippen LogP contribution in [0.3, 0.4) is 0 Å². The molecule has 1 aliphatic carbocycles. The van der Waals surface area contributed by atoms with Crippen molar-refractivity contribution in [2.75, 3.05) is 0 Å². The first kappa shape index (κ1) is 16.6. The number of aryl methyl sites for hydroxylation is 1. The Morgan fingerprint density at radius 1 is 0.654 bits per heavy atom. The summed E-state index contributed by atoms with van der Waals surface area (Å²) in [5.74, 6) is 0.953. The normalized spacial score (nSPS) is 19.2. The number of hydrogen-bond donors (Lipinski definition) is 0. The Morgan fingerprint density at radius 3 is 1.92 bits per heavy atom. The van der Waals surface area contributed by atoms with Crippen LogP contribution in [0.1, 0.15) is 29.5 Å². The average Bonchev–Trinajstić information content (AvgIpc) is 2.70. The van der Waals surface area contributed by atoms with Gasteiger partial charge in [-0.05, 0) is 40.7 Å². The van der Waals surface area contributed by atoms with Crippen molar-refractivity contribution >= 4 is 5.57 Å². The molecule has 0 fully saturated rings. The summed E-state index contributed by atoms with van der Waals surface area (Å²) in [5.41, 5.74) is 7.85. The van der Waals surface area contributed by atoms with Crippen LogP contribution in [0.2, 0.25) is 0 Å². The van der Waals surface area contributed by atoms with Crippen molar-refractivity contribution in [3.8, 4) is 11.1 Å². The highest BCUT2D eigenvalue weighted by molar-refractivity contribution is 5.77. The lowest BCUT2D eigenvalue weighted by atomic mass is 9.81. The van der Waals surface area contributed by atoms with E-state index in [4.69, 9.17) is 0 Å². The lowest BCUT2D eigenvalue weighted by Crippen LogP contribution is -2.09. The third kappa shape index (κ3) is 3.41. The van der Waals surface area contributed by atoms with Gasteiger partial charge in [-0.2, -0.15) is 0 Å². The van der Waals surface area contributed by atoms with Crippen LogP contribution in [0.25, 0.3) is 16.7 Å². The van der Waals surface area contributed by atoms with Crippen molar-refractivity contribution in [1.29, 1.82) is 0 Å². The van der Waals surface area contributed by atoms with Gasteiger partial charge in [0, 0.05) is 5.92 Å². The van der Waals surface area contributed by atoms with Gasteiger partial charge in [0.15, 0.2) is 0 Å². The zero-order valence-corrected chi connectivity index (χ0v) is 15.4. The minimum absolute atomic E-state index is 0.461. The van der Waals surface area contributed by atoms with Crippen LogP contribution in [0.4, 0.5) is 0 Å². The zero-order valence-electron chi connectivity index (χ0n) is 15.4. The Bertz CT molecular complexity index is 926. The molecule has 0 bridgehead atoms. The second-order valence-electron chi connectivity index (χ2n) is 7.22. The van der Waals surface area contributed by atoms with Gasteiger partial charge in [0.25, 0.3) is 0 Å². The first-order valence-electron chi connectivity index (χ1n) is 9.33. The number of hydrogen-bond acceptors (Lipinski definition) is 0. The Morgan fingerprint density at radius 2 is 1.27 bits per heavy atom. The van der Waals surface area contributed by atoms with Crippen molar-refractivity contribution in [3.05, 3.63) is 114 Å². The smallest absolute Gasteiger partial charge is 0.00818 e. The molecule has 0 amide bonds. The van der Waals surface area contributed by atoms with E-state index in [1.807, 2.05) is 0 Å². The van der Waals surface area contributed by atoms with E-state index >= 15 is 0 Å². The predicted octanol–water partition coefficient (Wildman–Crippen LogP) is 7.04. The summed E-state index contributed by atoms with van der Waals surface area (Å²) >= 11 is 0. The summed E-state index contributed by atoms with van der Waals surface area (Å²) in [6.45, 7) is 4.45. The number of benzene rings is 3. The van der Waals surface area contributed by atoms with E-state index in [2.05, 4.69) is 111 Å². The van der Waals surface area contributed by atoms with E-state index < -0.39 is 0 Å². The van der Waals surface area contributed by atoms with E-state index in [0.717, 1.165) is 0 Å². The minimum atomic E-state index is 0.461. The lowest BCUT2D eigenvalue weighted by Gasteiger charge is -2.24. The summed E-state index contributed by atoms with van der Waals surface area (Å²) in [6, 6.07) is 28.4. The summed E-state index contributed by atoms with van der Waals surface area (Å²) in [7, 11) is 0. The fourth-order valence-electron chi connectivity index (χ4n) is 3.71. The molecule has 1 aliphatic rings. The molecule has 0 saturated carbocycles. The first-order valence-corrected chi connectivity index (χ1v) is 9.33. The van der Waals surface area contributed by atoms with Crippen molar-refractivity contribution in [3.63, 3.8) is 0 Å². The highest BCUT2D eigenvalue weighted by Crippen LogP contribution is 2.35.